The summed E-state index contributed by atoms with van der Waals surface area (Å²) in [5, 5.41) is 2.97. The summed E-state index contributed by atoms with van der Waals surface area (Å²) in [5.74, 6) is 0.0170. The van der Waals surface area contributed by atoms with Gasteiger partial charge >= 0.3 is 0 Å². The third kappa shape index (κ3) is 4.21. The van der Waals surface area contributed by atoms with E-state index in [-0.39, 0.29) is 5.91 Å². The fourth-order valence-electron chi connectivity index (χ4n) is 2.34. The second-order valence-corrected chi connectivity index (χ2v) is 5.16. The molecule has 5 nitrogen and oxygen atoms in total. The van der Waals surface area contributed by atoms with Gasteiger partial charge in [-0.3, -0.25) is 14.7 Å². The Bertz CT molecular complexity index is 412. The molecule has 1 fully saturated rings. The zero-order chi connectivity index (χ0) is 13.7. The van der Waals surface area contributed by atoms with Crippen LogP contribution in [0.1, 0.15) is 25.5 Å². The van der Waals surface area contributed by atoms with E-state index in [9.17, 15) is 4.79 Å². The van der Waals surface area contributed by atoms with Gasteiger partial charge in [-0.15, -0.1) is 0 Å². The molecule has 2 heterocycles. The molecule has 1 aliphatic rings. The first-order valence-electron chi connectivity index (χ1n) is 6.86. The molecule has 0 bridgehead atoms. The van der Waals surface area contributed by atoms with Crippen LogP contribution in [-0.2, 0) is 11.2 Å². The highest BCUT2D eigenvalue weighted by Crippen LogP contribution is 2.10. The first kappa shape index (κ1) is 13.8. The summed E-state index contributed by atoms with van der Waals surface area (Å²) in [6.45, 7) is 5.16. The predicted molar refractivity (Wildman–Crippen MR) is 75.6 cm³/mol. The Labute approximate surface area is 114 Å². The van der Waals surface area contributed by atoms with E-state index < -0.39 is 0 Å². The van der Waals surface area contributed by atoms with Crippen LogP contribution >= 0.6 is 0 Å². The minimum absolute atomic E-state index is 0.0170. The van der Waals surface area contributed by atoms with Crippen LogP contribution in [0, 0.1) is 0 Å². The maximum Gasteiger partial charge on any atom is 0.226 e. The van der Waals surface area contributed by atoms with E-state index in [4.69, 9.17) is 5.73 Å². The van der Waals surface area contributed by atoms with Gasteiger partial charge in [0.15, 0.2) is 0 Å². The molecule has 0 spiro atoms. The number of hydrogen-bond donors (Lipinski definition) is 2. The minimum atomic E-state index is 0.0170. The number of likely N-dealkylation sites (tertiary alicyclic amines) is 1. The molecule has 1 aromatic rings. The SMILES string of the molecule is CC(CNC(=O)Cc1ccc(N)cn1)N1CCCC1. The molecule has 2 rings (SSSR count). The second kappa shape index (κ2) is 6.52. The van der Waals surface area contributed by atoms with E-state index in [0.717, 1.165) is 18.8 Å². The summed E-state index contributed by atoms with van der Waals surface area (Å²) >= 11 is 0. The van der Waals surface area contributed by atoms with Crippen molar-refractivity contribution in [2.45, 2.75) is 32.2 Å². The molecule has 1 amide bonds. The number of nitrogen functional groups attached to an aromatic ring is 1. The molecule has 3 N–H and O–H groups in total. The van der Waals surface area contributed by atoms with Crippen molar-refractivity contribution in [3.63, 3.8) is 0 Å². The number of nitrogens with two attached hydrogens (primary N) is 1. The Hall–Kier alpha value is -1.62. The lowest BCUT2D eigenvalue weighted by atomic mass is 10.2. The first-order valence-corrected chi connectivity index (χ1v) is 6.86. The van der Waals surface area contributed by atoms with Crippen LogP contribution in [0.3, 0.4) is 0 Å². The zero-order valence-electron chi connectivity index (χ0n) is 11.4. The van der Waals surface area contributed by atoms with Crippen LogP contribution in [0.2, 0.25) is 0 Å². The molecular formula is C14H22N4O. The Morgan fingerprint density at radius 3 is 2.84 bits per heavy atom. The van der Waals surface area contributed by atoms with Crippen LogP contribution in [0.4, 0.5) is 5.69 Å². The number of amides is 1. The van der Waals surface area contributed by atoms with Gasteiger partial charge in [-0.1, -0.05) is 0 Å². The first-order chi connectivity index (χ1) is 9.15. The average molecular weight is 262 g/mol. The second-order valence-electron chi connectivity index (χ2n) is 5.16. The molecule has 0 radical (unpaired) electrons. The number of pyridine rings is 1. The normalized spacial score (nSPS) is 17.3. The van der Waals surface area contributed by atoms with Crippen LogP contribution < -0.4 is 11.1 Å². The number of carbonyl (C=O) groups is 1. The van der Waals surface area contributed by atoms with E-state index in [0.29, 0.717) is 24.7 Å². The molecule has 1 unspecified atom stereocenters. The molecule has 1 atom stereocenters. The largest absolute Gasteiger partial charge is 0.397 e. The molecule has 5 heteroatoms. The highest BCUT2D eigenvalue weighted by atomic mass is 16.1. The van der Waals surface area contributed by atoms with Crippen LogP contribution in [0.5, 0.6) is 0 Å². The van der Waals surface area contributed by atoms with Crippen LogP contribution in [0.25, 0.3) is 0 Å². The fraction of sp³-hybridized carbons (Fsp3) is 0.571. The van der Waals surface area contributed by atoms with Gasteiger partial charge in [0.25, 0.3) is 0 Å². The van der Waals surface area contributed by atoms with E-state index >= 15 is 0 Å². The maximum atomic E-state index is 11.8. The number of rotatable bonds is 5. The van der Waals surface area contributed by atoms with Crippen molar-refractivity contribution in [1.29, 1.82) is 0 Å². The summed E-state index contributed by atoms with van der Waals surface area (Å²) < 4.78 is 0. The molecule has 1 saturated heterocycles. The van der Waals surface area contributed by atoms with Gasteiger partial charge in [0.05, 0.1) is 18.3 Å². The molecule has 1 aromatic heterocycles. The lowest BCUT2D eigenvalue weighted by Gasteiger charge is -2.23. The van der Waals surface area contributed by atoms with Crippen molar-refractivity contribution < 1.29 is 4.79 Å². The molecular weight excluding hydrogens is 240 g/mol. The fourth-order valence-corrected chi connectivity index (χ4v) is 2.34. The van der Waals surface area contributed by atoms with Gasteiger partial charge < -0.3 is 11.1 Å². The highest BCUT2D eigenvalue weighted by Gasteiger charge is 2.18. The number of nitrogens with one attached hydrogen (secondary N) is 1. The number of aromatic nitrogens is 1. The van der Waals surface area contributed by atoms with Gasteiger partial charge in [0.1, 0.15) is 0 Å². The smallest absolute Gasteiger partial charge is 0.226 e. The van der Waals surface area contributed by atoms with Crippen molar-refractivity contribution >= 4 is 11.6 Å². The molecule has 19 heavy (non-hydrogen) atoms. The van der Waals surface area contributed by atoms with Crippen molar-refractivity contribution in [1.82, 2.24) is 15.2 Å². The predicted octanol–water partition coefficient (Wildman–Crippen LogP) is 0.807. The van der Waals surface area contributed by atoms with Gasteiger partial charge in [-0.25, -0.2) is 0 Å². The van der Waals surface area contributed by atoms with Crippen molar-refractivity contribution in [2.75, 3.05) is 25.4 Å². The molecule has 104 valence electrons. The number of hydrogen-bond acceptors (Lipinski definition) is 4. The summed E-state index contributed by atoms with van der Waals surface area (Å²) in [6, 6.07) is 3.97. The van der Waals surface area contributed by atoms with Crippen LogP contribution in [-0.4, -0.2) is 41.5 Å². The summed E-state index contributed by atoms with van der Waals surface area (Å²) in [6.07, 6.45) is 4.43. The standard InChI is InChI=1S/C14H22N4O/c1-11(18-6-2-3-7-18)9-17-14(19)8-13-5-4-12(15)10-16-13/h4-5,10-11H,2-3,6-9,15H2,1H3,(H,17,19). The topological polar surface area (TPSA) is 71.2 Å². The van der Waals surface area contributed by atoms with Gasteiger partial charge in [-0.2, -0.15) is 0 Å². The average Bonchev–Trinajstić information content (AvgIpc) is 2.93. The van der Waals surface area contributed by atoms with E-state index in [1.165, 1.54) is 12.8 Å². The Morgan fingerprint density at radius 1 is 1.47 bits per heavy atom. The quantitative estimate of drug-likeness (QED) is 0.823. The lowest BCUT2D eigenvalue weighted by Crippen LogP contribution is -2.41. The molecule has 0 saturated carbocycles. The van der Waals surface area contributed by atoms with Gasteiger partial charge in [0, 0.05) is 18.3 Å². The van der Waals surface area contributed by atoms with Crippen molar-refractivity contribution in [3.05, 3.63) is 24.0 Å². The van der Waals surface area contributed by atoms with E-state index in [1.54, 1.807) is 18.3 Å². The summed E-state index contributed by atoms with van der Waals surface area (Å²) in [7, 11) is 0. The van der Waals surface area contributed by atoms with E-state index in [2.05, 4.69) is 22.1 Å². The summed E-state index contributed by atoms with van der Waals surface area (Å²) in [4.78, 5) is 18.4. The minimum Gasteiger partial charge on any atom is -0.397 e. The van der Waals surface area contributed by atoms with Crippen molar-refractivity contribution in [3.8, 4) is 0 Å². The third-order valence-corrected chi connectivity index (χ3v) is 3.55. The number of nitrogens with zero attached hydrogens (tertiary/aromatic N) is 2. The molecule has 0 aliphatic carbocycles. The molecule has 0 aromatic carbocycles. The zero-order valence-corrected chi connectivity index (χ0v) is 11.4. The lowest BCUT2D eigenvalue weighted by molar-refractivity contribution is -0.120. The highest BCUT2D eigenvalue weighted by molar-refractivity contribution is 5.78. The van der Waals surface area contributed by atoms with Gasteiger partial charge in [0.2, 0.25) is 5.91 Å². The Morgan fingerprint density at radius 2 is 2.21 bits per heavy atom. The Balaban J connectivity index is 1.73. The van der Waals surface area contributed by atoms with Crippen LogP contribution in [0.15, 0.2) is 18.3 Å². The number of anilines is 1. The number of carbonyl (C=O) groups excluding carboxylic acids is 1. The summed E-state index contributed by atoms with van der Waals surface area (Å²) in [5.41, 5.74) is 6.93. The molecule has 1 aliphatic heterocycles. The maximum absolute atomic E-state index is 11.8. The van der Waals surface area contributed by atoms with E-state index in [1.807, 2.05) is 0 Å². The monoisotopic (exact) mass is 262 g/mol. The third-order valence-electron chi connectivity index (χ3n) is 3.55. The van der Waals surface area contributed by atoms with Crippen molar-refractivity contribution in [2.24, 2.45) is 0 Å². The van der Waals surface area contributed by atoms with Gasteiger partial charge in [-0.05, 0) is 45.0 Å². The Kier molecular flexibility index (Phi) is 4.74.